The average molecular weight is 345 g/mol. The van der Waals surface area contributed by atoms with Crippen molar-refractivity contribution in [2.45, 2.75) is 38.1 Å². The number of hydrogen-bond acceptors (Lipinski definition) is 5. The molecule has 118 valence electrons. The molecule has 1 fully saturated rings. The lowest BCUT2D eigenvalue weighted by molar-refractivity contribution is 0.462. The first-order chi connectivity index (χ1) is 11.3. The number of nitrogens with zero attached hydrogens (tertiary/aromatic N) is 3. The van der Waals surface area contributed by atoms with E-state index in [0.29, 0.717) is 11.2 Å². The van der Waals surface area contributed by atoms with Crippen molar-refractivity contribution in [1.82, 2.24) is 15.2 Å². The van der Waals surface area contributed by atoms with Gasteiger partial charge in [0.05, 0.1) is 11.1 Å². The smallest absolute Gasteiger partial charge is 0.206 e. The molecule has 0 radical (unpaired) electrons. The van der Waals surface area contributed by atoms with Gasteiger partial charge >= 0.3 is 0 Å². The number of rotatable bonds is 3. The molecule has 0 atom stereocenters. The van der Waals surface area contributed by atoms with Crippen LogP contribution in [-0.4, -0.2) is 21.2 Å². The Morgan fingerprint density at radius 2 is 1.91 bits per heavy atom. The number of fused-ring (bicyclic) bond motifs is 1. The molecule has 3 aromatic rings. The van der Waals surface area contributed by atoms with E-state index >= 15 is 0 Å². The van der Waals surface area contributed by atoms with Gasteiger partial charge in [-0.15, -0.1) is 10.2 Å². The quantitative estimate of drug-likeness (QED) is 0.667. The number of anilines is 1. The number of para-hydroxylation sites is 1. The Balaban J connectivity index is 1.62. The SMILES string of the molecule is Clc1nc2ccccc2cc1-c1nnc(NC2CCCCC2)s1. The van der Waals surface area contributed by atoms with Crippen LogP contribution in [0, 0.1) is 0 Å². The molecule has 0 saturated heterocycles. The molecule has 1 aromatic carbocycles. The summed E-state index contributed by atoms with van der Waals surface area (Å²) in [7, 11) is 0. The Morgan fingerprint density at radius 1 is 1.09 bits per heavy atom. The van der Waals surface area contributed by atoms with Crippen molar-refractivity contribution in [1.29, 1.82) is 0 Å². The van der Waals surface area contributed by atoms with Crippen LogP contribution in [0.2, 0.25) is 5.15 Å². The third-order valence-corrected chi connectivity index (χ3v) is 5.44. The van der Waals surface area contributed by atoms with Crippen LogP contribution < -0.4 is 5.32 Å². The van der Waals surface area contributed by atoms with E-state index in [1.807, 2.05) is 30.3 Å². The van der Waals surface area contributed by atoms with Crippen molar-refractivity contribution >= 4 is 39.0 Å². The van der Waals surface area contributed by atoms with E-state index in [2.05, 4.69) is 20.5 Å². The largest absolute Gasteiger partial charge is 0.357 e. The Bertz CT molecular complexity index is 826. The fraction of sp³-hybridized carbons (Fsp3) is 0.353. The Kier molecular flexibility index (Phi) is 4.14. The Morgan fingerprint density at radius 3 is 2.78 bits per heavy atom. The van der Waals surface area contributed by atoms with Crippen LogP contribution in [0.5, 0.6) is 0 Å². The number of benzene rings is 1. The molecule has 0 spiro atoms. The molecule has 1 aliphatic carbocycles. The molecule has 4 rings (SSSR count). The van der Waals surface area contributed by atoms with Crippen LogP contribution >= 0.6 is 22.9 Å². The van der Waals surface area contributed by atoms with Crippen molar-refractivity contribution < 1.29 is 0 Å². The molecular weight excluding hydrogens is 328 g/mol. The van der Waals surface area contributed by atoms with Crippen molar-refractivity contribution in [3.63, 3.8) is 0 Å². The van der Waals surface area contributed by atoms with Gasteiger partial charge < -0.3 is 5.32 Å². The highest BCUT2D eigenvalue weighted by Gasteiger charge is 2.17. The highest BCUT2D eigenvalue weighted by molar-refractivity contribution is 7.18. The molecule has 0 bridgehead atoms. The molecule has 6 heteroatoms. The minimum atomic E-state index is 0.476. The van der Waals surface area contributed by atoms with E-state index in [4.69, 9.17) is 11.6 Å². The van der Waals surface area contributed by atoms with Crippen molar-refractivity contribution in [3.05, 3.63) is 35.5 Å². The van der Waals surface area contributed by atoms with Crippen LogP contribution in [0.15, 0.2) is 30.3 Å². The van der Waals surface area contributed by atoms with E-state index in [0.717, 1.165) is 26.6 Å². The van der Waals surface area contributed by atoms with Gasteiger partial charge in [-0.2, -0.15) is 0 Å². The monoisotopic (exact) mass is 344 g/mol. The molecule has 1 aliphatic rings. The number of pyridine rings is 1. The van der Waals surface area contributed by atoms with Gasteiger partial charge in [0.1, 0.15) is 5.15 Å². The van der Waals surface area contributed by atoms with Gasteiger partial charge in [-0.05, 0) is 25.0 Å². The molecule has 0 unspecified atom stereocenters. The van der Waals surface area contributed by atoms with Crippen LogP contribution in [0.3, 0.4) is 0 Å². The zero-order valence-corrected chi connectivity index (χ0v) is 14.2. The van der Waals surface area contributed by atoms with Gasteiger partial charge in [0.25, 0.3) is 0 Å². The second-order valence-corrected chi connectivity index (χ2v) is 7.25. The maximum absolute atomic E-state index is 6.35. The molecular formula is C17H17ClN4S. The predicted molar refractivity (Wildman–Crippen MR) is 96.2 cm³/mol. The maximum atomic E-state index is 6.35. The molecule has 0 aliphatic heterocycles. The zero-order chi connectivity index (χ0) is 15.6. The van der Waals surface area contributed by atoms with Crippen LogP contribution in [-0.2, 0) is 0 Å². The van der Waals surface area contributed by atoms with E-state index in [9.17, 15) is 0 Å². The summed E-state index contributed by atoms with van der Waals surface area (Å²) in [5, 5.41) is 15.3. The normalized spacial score (nSPS) is 15.9. The molecule has 2 heterocycles. The van der Waals surface area contributed by atoms with Gasteiger partial charge in [0.15, 0.2) is 5.01 Å². The lowest BCUT2D eigenvalue weighted by atomic mass is 9.96. The third kappa shape index (κ3) is 3.16. The predicted octanol–water partition coefficient (Wildman–Crippen LogP) is 5.15. The summed E-state index contributed by atoms with van der Waals surface area (Å²) in [4.78, 5) is 4.46. The number of nitrogens with one attached hydrogen (secondary N) is 1. The van der Waals surface area contributed by atoms with Gasteiger partial charge in [0, 0.05) is 11.4 Å². The minimum Gasteiger partial charge on any atom is -0.357 e. The van der Waals surface area contributed by atoms with Crippen molar-refractivity contribution in [2.24, 2.45) is 0 Å². The summed E-state index contributed by atoms with van der Waals surface area (Å²) < 4.78 is 0. The summed E-state index contributed by atoms with van der Waals surface area (Å²) in [5.74, 6) is 0. The zero-order valence-electron chi connectivity index (χ0n) is 12.6. The molecule has 0 amide bonds. The summed E-state index contributed by atoms with van der Waals surface area (Å²) in [6.07, 6.45) is 6.37. The Hall–Kier alpha value is -1.72. The second-order valence-electron chi connectivity index (χ2n) is 5.91. The first-order valence-corrected chi connectivity index (χ1v) is 9.15. The van der Waals surface area contributed by atoms with Crippen LogP contribution in [0.1, 0.15) is 32.1 Å². The molecule has 2 aromatic heterocycles. The minimum absolute atomic E-state index is 0.476. The molecule has 23 heavy (non-hydrogen) atoms. The summed E-state index contributed by atoms with van der Waals surface area (Å²) in [6.45, 7) is 0. The first-order valence-electron chi connectivity index (χ1n) is 7.95. The van der Waals surface area contributed by atoms with Crippen LogP contribution in [0.25, 0.3) is 21.5 Å². The summed E-state index contributed by atoms with van der Waals surface area (Å²) in [5.41, 5.74) is 1.74. The lowest BCUT2D eigenvalue weighted by Gasteiger charge is -2.21. The first kappa shape index (κ1) is 14.8. The lowest BCUT2D eigenvalue weighted by Crippen LogP contribution is -2.21. The third-order valence-electron chi connectivity index (χ3n) is 4.27. The molecule has 1 saturated carbocycles. The highest BCUT2D eigenvalue weighted by Crippen LogP contribution is 2.34. The number of halogens is 1. The topological polar surface area (TPSA) is 50.7 Å². The molecule has 1 N–H and O–H groups in total. The van der Waals surface area contributed by atoms with E-state index in [-0.39, 0.29) is 0 Å². The molecule has 4 nitrogen and oxygen atoms in total. The average Bonchev–Trinajstić information content (AvgIpc) is 3.03. The number of hydrogen-bond donors (Lipinski definition) is 1. The standard InChI is InChI=1S/C17H17ClN4S/c18-15-13(10-11-6-4-5-9-14(11)20-15)16-21-22-17(23-16)19-12-7-2-1-3-8-12/h4-6,9-10,12H,1-3,7-8H2,(H,19,22). The fourth-order valence-electron chi connectivity index (χ4n) is 3.05. The highest BCUT2D eigenvalue weighted by atomic mass is 35.5. The van der Waals surface area contributed by atoms with Crippen LogP contribution in [0.4, 0.5) is 5.13 Å². The van der Waals surface area contributed by atoms with Gasteiger partial charge in [-0.25, -0.2) is 4.98 Å². The fourth-order valence-corrected chi connectivity index (χ4v) is 4.18. The summed E-state index contributed by atoms with van der Waals surface area (Å²) >= 11 is 7.89. The maximum Gasteiger partial charge on any atom is 0.206 e. The van der Waals surface area contributed by atoms with Crippen molar-refractivity contribution in [3.8, 4) is 10.6 Å². The second kappa shape index (κ2) is 6.42. The van der Waals surface area contributed by atoms with Gasteiger partial charge in [0.2, 0.25) is 5.13 Å². The van der Waals surface area contributed by atoms with Gasteiger partial charge in [-0.3, -0.25) is 0 Å². The Labute approximate surface area is 143 Å². The number of aromatic nitrogens is 3. The van der Waals surface area contributed by atoms with Gasteiger partial charge in [-0.1, -0.05) is 60.4 Å². The van der Waals surface area contributed by atoms with E-state index in [1.54, 1.807) is 11.3 Å². The van der Waals surface area contributed by atoms with Crippen molar-refractivity contribution in [2.75, 3.05) is 5.32 Å². The van der Waals surface area contributed by atoms with E-state index < -0.39 is 0 Å². The van der Waals surface area contributed by atoms with E-state index in [1.165, 1.54) is 32.1 Å². The summed E-state index contributed by atoms with van der Waals surface area (Å²) in [6, 6.07) is 10.5.